The highest BCUT2D eigenvalue weighted by molar-refractivity contribution is 5.80. The summed E-state index contributed by atoms with van der Waals surface area (Å²) in [6, 6.07) is 5.38. The van der Waals surface area contributed by atoms with Crippen LogP contribution in [0.3, 0.4) is 0 Å². The van der Waals surface area contributed by atoms with E-state index in [1.54, 1.807) is 36.8 Å². The summed E-state index contributed by atoms with van der Waals surface area (Å²) in [6.45, 7) is 0. The summed E-state index contributed by atoms with van der Waals surface area (Å²) in [6.07, 6.45) is 1.51. The van der Waals surface area contributed by atoms with Crippen LogP contribution in [0.15, 0.2) is 29.2 Å². The van der Waals surface area contributed by atoms with Crippen LogP contribution in [0.25, 0.3) is 16.9 Å². The van der Waals surface area contributed by atoms with Crippen LogP contribution in [0.4, 0.5) is 11.5 Å². The van der Waals surface area contributed by atoms with Gasteiger partial charge in [0.2, 0.25) is 16.9 Å². The smallest absolute Gasteiger partial charge is 0.244 e. The fourth-order valence-electron chi connectivity index (χ4n) is 2.23. The molecule has 23 heavy (non-hydrogen) atoms. The van der Waals surface area contributed by atoms with Crippen molar-refractivity contribution in [2.45, 2.75) is 0 Å². The van der Waals surface area contributed by atoms with E-state index in [4.69, 9.17) is 14.1 Å². The van der Waals surface area contributed by atoms with Crippen molar-refractivity contribution in [3.05, 3.63) is 24.5 Å². The average Bonchev–Trinajstić information content (AvgIpc) is 3.23. The molecular formula is C13H11N7O3. The highest BCUT2D eigenvalue weighted by Crippen LogP contribution is 2.32. The Morgan fingerprint density at radius 1 is 1.13 bits per heavy atom. The van der Waals surface area contributed by atoms with E-state index in [2.05, 4.69) is 30.8 Å². The Labute approximate surface area is 129 Å². The molecular weight excluding hydrogens is 302 g/mol. The number of ether oxygens (including phenoxy) is 2. The minimum atomic E-state index is 0.335. The summed E-state index contributed by atoms with van der Waals surface area (Å²) in [5.74, 6) is 1.75. The maximum absolute atomic E-state index is 5.35. The first-order valence-electron chi connectivity index (χ1n) is 6.61. The van der Waals surface area contributed by atoms with Gasteiger partial charge < -0.3 is 14.8 Å². The molecule has 0 amide bonds. The first-order chi connectivity index (χ1) is 11.3. The lowest BCUT2D eigenvalue weighted by atomic mass is 10.2. The van der Waals surface area contributed by atoms with Gasteiger partial charge in [-0.2, -0.15) is 0 Å². The molecule has 3 heterocycles. The topological polar surface area (TPSA) is 112 Å². The third kappa shape index (κ3) is 2.08. The molecule has 0 aliphatic rings. The van der Waals surface area contributed by atoms with Crippen LogP contribution in [0.2, 0.25) is 0 Å². The lowest BCUT2D eigenvalue weighted by molar-refractivity contribution is 0.314. The van der Waals surface area contributed by atoms with Crippen LogP contribution in [-0.2, 0) is 0 Å². The Morgan fingerprint density at radius 3 is 2.87 bits per heavy atom. The molecule has 0 aliphatic heterocycles. The second-order valence-corrected chi connectivity index (χ2v) is 4.59. The van der Waals surface area contributed by atoms with Crippen molar-refractivity contribution in [1.29, 1.82) is 0 Å². The summed E-state index contributed by atoms with van der Waals surface area (Å²) in [5, 5.41) is 18.6. The summed E-state index contributed by atoms with van der Waals surface area (Å²) in [7, 11) is 3.17. The summed E-state index contributed by atoms with van der Waals surface area (Å²) in [5.41, 5.74) is 1.92. The minimum absolute atomic E-state index is 0.335. The van der Waals surface area contributed by atoms with E-state index in [0.29, 0.717) is 39.9 Å². The van der Waals surface area contributed by atoms with E-state index in [1.165, 1.54) is 6.33 Å². The van der Waals surface area contributed by atoms with Crippen LogP contribution in [0.5, 0.6) is 11.5 Å². The number of methoxy groups -OCH3 is 2. The third-order valence-electron chi connectivity index (χ3n) is 3.32. The number of rotatable bonds is 4. The van der Waals surface area contributed by atoms with Gasteiger partial charge in [0, 0.05) is 6.07 Å². The molecule has 0 fully saturated rings. The Kier molecular flexibility index (Phi) is 2.93. The van der Waals surface area contributed by atoms with Crippen molar-refractivity contribution in [2.75, 3.05) is 19.5 Å². The molecule has 3 aromatic heterocycles. The summed E-state index contributed by atoms with van der Waals surface area (Å²) >= 11 is 0. The molecule has 116 valence electrons. The van der Waals surface area contributed by atoms with Gasteiger partial charge in [-0.25, -0.2) is 9.61 Å². The van der Waals surface area contributed by atoms with Crippen LogP contribution >= 0.6 is 0 Å². The molecule has 0 aliphatic carbocycles. The maximum Gasteiger partial charge on any atom is 0.244 e. The molecule has 0 atom stereocenters. The molecule has 0 saturated heterocycles. The van der Waals surface area contributed by atoms with Gasteiger partial charge in [-0.15, -0.1) is 10.2 Å². The minimum Gasteiger partial charge on any atom is -0.497 e. The molecule has 1 aromatic carbocycles. The van der Waals surface area contributed by atoms with Crippen molar-refractivity contribution < 1.29 is 14.1 Å². The Balaban J connectivity index is 1.87. The fourth-order valence-corrected chi connectivity index (χ4v) is 2.23. The zero-order chi connectivity index (χ0) is 15.8. The van der Waals surface area contributed by atoms with Gasteiger partial charge in [0.1, 0.15) is 17.8 Å². The second-order valence-electron chi connectivity index (χ2n) is 4.59. The zero-order valence-electron chi connectivity index (χ0n) is 12.2. The van der Waals surface area contributed by atoms with E-state index in [-0.39, 0.29) is 0 Å². The van der Waals surface area contributed by atoms with Gasteiger partial charge in [-0.1, -0.05) is 0 Å². The molecule has 10 nitrogen and oxygen atoms in total. The van der Waals surface area contributed by atoms with Gasteiger partial charge in [-0.05, 0) is 22.4 Å². The van der Waals surface area contributed by atoms with Crippen LogP contribution in [0.1, 0.15) is 0 Å². The molecule has 0 radical (unpaired) electrons. The lowest BCUT2D eigenvalue weighted by Crippen LogP contribution is -2.01. The van der Waals surface area contributed by atoms with Crippen molar-refractivity contribution >= 4 is 28.4 Å². The van der Waals surface area contributed by atoms with Gasteiger partial charge in [0.05, 0.1) is 19.9 Å². The third-order valence-corrected chi connectivity index (χ3v) is 3.32. The fraction of sp³-hybridized carbons (Fsp3) is 0.154. The molecule has 0 saturated carbocycles. The molecule has 1 N–H and O–H groups in total. The predicted molar refractivity (Wildman–Crippen MR) is 79.0 cm³/mol. The van der Waals surface area contributed by atoms with Crippen molar-refractivity contribution in [2.24, 2.45) is 0 Å². The summed E-state index contributed by atoms with van der Waals surface area (Å²) < 4.78 is 16.9. The highest BCUT2D eigenvalue weighted by atomic mass is 16.6. The summed E-state index contributed by atoms with van der Waals surface area (Å²) in [4.78, 5) is 4.36. The SMILES string of the molecule is COc1ccc(OC)c(Nc2nc3nonc3n3cnnc23)c1. The van der Waals surface area contributed by atoms with E-state index in [9.17, 15) is 0 Å². The average molecular weight is 313 g/mol. The molecule has 0 spiro atoms. The van der Waals surface area contributed by atoms with Crippen molar-refractivity contribution in [3.8, 4) is 11.5 Å². The normalized spacial score (nSPS) is 11.0. The number of nitrogens with one attached hydrogen (secondary N) is 1. The second kappa shape index (κ2) is 5.09. The van der Waals surface area contributed by atoms with Gasteiger partial charge in [0.15, 0.2) is 5.82 Å². The number of aromatic nitrogens is 6. The number of hydrogen-bond donors (Lipinski definition) is 1. The van der Waals surface area contributed by atoms with Gasteiger partial charge in [-0.3, -0.25) is 4.40 Å². The lowest BCUT2D eigenvalue weighted by Gasteiger charge is -2.12. The molecule has 10 heteroatoms. The van der Waals surface area contributed by atoms with Gasteiger partial charge in [0.25, 0.3) is 0 Å². The zero-order valence-corrected chi connectivity index (χ0v) is 12.2. The monoisotopic (exact) mass is 313 g/mol. The van der Waals surface area contributed by atoms with Crippen LogP contribution < -0.4 is 14.8 Å². The van der Waals surface area contributed by atoms with E-state index in [1.807, 2.05) is 0 Å². The number of nitrogens with zero attached hydrogens (tertiary/aromatic N) is 6. The van der Waals surface area contributed by atoms with Crippen molar-refractivity contribution in [3.63, 3.8) is 0 Å². The van der Waals surface area contributed by atoms with E-state index in [0.717, 1.165) is 0 Å². The van der Waals surface area contributed by atoms with Gasteiger partial charge >= 0.3 is 0 Å². The van der Waals surface area contributed by atoms with E-state index >= 15 is 0 Å². The largest absolute Gasteiger partial charge is 0.497 e. The Bertz CT molecular complexity index is 994. The van der Waals surface area contributed by atoms with Crippen LogP contribution in [0, 0.1) is 0 Å². The van der Waals surface area contributed by atoms with E-state index < -0.39 is 0 Å². The van der Waals surface area contributed by atoms with Crippen LogP contribution in [-0.4, -0.2) is 44.1 Å². The Hall–Kier alpha value is -3.43. The molecule has 0 bridgehead atoms. The standard InChI is InChI=1S/C13H11N7O3/c1-21-7-3-4-9(22-2)8(5-7)15-10-12-17-14-6-20(12)13-11(16-10)18-23-19-13/h3-6H,1-2H3,(H,15,16,18). The number of fused-ring (bicyclic) bond motifs is 3. The number of anilines is 2. The number of hydrogen-bond acceptors (Lipinski definition) is 9. The number of benzene rings is 1. The molecule has 4 rings (SSSR count). The molecule has 4 aromatic rings. The Morgan fingerprint density at radius 2 is 2.04 bits per heavy atom. The first-order valence-corrected chi connectivity index (χ1v) is 6.61. The predicted octanol–water partition coefficient (Wildman–Crippen LogP) is 1.42. The molecule has 0 unspecified atom stereocenters. The highest BCUT2D eigenvalue weighted by Gasteiger charge is 2.16. The van der Waals surface area contributed by atoms with Crippen molar-refractivity contribution in [1.82, 2.24) is 29.9 Å². The first kappa shape index (κ1) is 13.2. The maximum atomic E-state index is 5.35. The quantitative estimate of drug-likeness (QED) is 0.597.